The summed E-state index contributed by atoms with van der Waals surface area (Å²) in [4.78, 5) is 0. The predicted molar refractivity (Wildman–Crippen MR) is 64.4 cm³/mol. The summed E-state index contributed by atoms with van der Waals surface area (Å²) in [7, 11) is 0. The van der Waals surface area contributed by atoms with Crippen LogP contribution in [0.15, 0.2) is 23.4 Å². The monoisotopic (exact) mass is 276 g/mol. The molecule has 0 atom stereocenters. The number of nitrogens with zero attached hydrogens (tertiary/aromatic N) is 1. The number of ether oxygens (including phenoxy) is 1. The first-order valence-electron chi connectivity index (χ1n) is 5.72. The molecule has 106 valence electrons. The van der Waals surface area contributed by atoms with Crippen LogP contribution >= 0.6 is 0 Å². The minimum Gasteiger partial charge on any atom is -0.493 e. The molecule has 19 heavy (non-hydrogen) atoms. The van der Waals surface area contributed by atoms with E-state index in [9.17, 15) is 13.2 Å². The second-order valence-corrected chi connectivity index (χ2v) is 3.90. The van der Waals surface area contributed by atoms with E-state index >= 15 is 0 Å². The molecule has 0 unspecified atom stereocenters. The van der Waals surface area contributed by atoms with Gasteiger partial charge in [0.05, 0.1) is 12.2 Å². The quantitative estimate of drug-likeness (QED) is 0.285. The van der Waals surface area contributed by atoms with E-state index in [-0.39, 0.29) is 23.8 Å². The number of nitrogens with two attached hydrogens (primary N) is 1. The van der Waals surface area contributed by atoms with Crippen LogP contribution < -0.4 is 10.5 Å². The minimum absolute atomic E-state index is 0.0160. The Kier molecular flexibility index (Phi) is 5.02. The van der Waals surface area contributed by atoms with Crippen molar-refractivity contribution in [2.45, 2.75) is 25.9 Å². The van der Waals surface area contributed by atoms with Crippen LogP contribution in [-0.2, 0) is 6.18 Å². The third kappa shape index (κ3) is 4.04. The van der Waals surface area contributed by atoms with Crippen molar-refractivity contribution in [1.82, 2.24) is 0 Å². The Morgan fingerprint density at radius 2 is 2.11 bits per heavy atom. The van der Waals surface area contributed by atoms with Crippen molar-refractivity contribution < 1.29 is 23.1 Å². The Labute approximate surface area is 108 Å². The Morgan fingerprint density at radius 1 is 1.42 bits per heavy atom. The Balaban J connectivity index is 3.10. The highest BCUT2D eigenvalue weighted by molar-refractivity contribution is 5.97. The van der Waals surface area contributed by atoms with Crippen molar-refractivity contribution in [2.75, 3.05) is 6.61 Å². The zero-order chi connectivity index (χ0) is 14.5. The van der Waals surface area contributed by atoms with E-state index in [1.54, 1.807) is 0 Å². The van der Waals surface area contributed by atoms with Gasteiger partial charge in [-0.25, -0.2) is 0 Å². The van der Waals surface area contributed by atoms with Gasteiger partial charge in [0.2, 0.25) is 0 Å². The SMILES string of the molecule is CCCCOc1ccc(C(N)=NO)cc1C(F)(F)F. The lowest BCUT2D eigenvalue weighted by Gasteiger charge is -2.15. The molecule has 7 heteroatoms. The Bertz CT molecular complexity index is 459. The molecule has 0 radical (unpaired) electrons. The van der Waals surface area contributed by atoms with E-state index < -0.39 is 11.7 Å². The average Bonchev–Trinajstić information content (AvgIpc) is 2.37. The van der Waals surface area contributed by atoms with E-state index in [4.69, 9.17) is 15.7 Å². The van der Waals surface area contributed by atoms with Gasteiger partial charge in [-0.15, -0.1) is 0 Å². The standard InChI is InChI=1S/C12H15F3N2O2/c1-2-3-6-19-10-5-4-8(11(16)17-18)7-9(10)12(13,14)15/h4-5,7,18H,2-3,6H2,1H3,(H2,16,17). The first-order valence-corrected chi connectivity index (χ1v) is 5.72. The van der Waals surface area contributed by atoms with E-state index in [1.165, 1.54) is 12.1 Å². The highest BCUT2D eigenvalue weighted by Gasteiger charge is 2.35. The third-order valence-corrected chi connectivity index (χ3v) is 2.44. The highest BCUT2D eigenvalue weighted by atomic mass is 19.4. The van der Waals surface area contributed by atoms with Gasteiger partial charge in [-0.05, 0) is 24.6 Å². The maximum Gasteiger partial charge on any atom is 0.419 e. The smallest absolute Gasteiger partial charge is 0.419 e. The zero-order valence-corrected chi connectivity index (χ0v) is 10.4. The van der Waals surface area contributed by atoms with Crippen LogP contribution in [0.4, 0.5) is 13.2 Å². The molecule has 0 saturated carbocycles. The number of unbranched alkanes of at least 4 members (excludes halogenated alkanes) is 1. The molecule has 0 spiro atoms. The summed E-state index contributed by atoms with van der Waals surface area (Å²) in [6.45, 7) is 2.12. The molecule has 1 aromatic carbocycles. The summed E-state index contributed by atoms with van der Waals surface area (Å²) in [5.74, 6) is -0.638. The zero-order valence-electron chi connectivity index (χ0n) is 10.4. The predicted octanol–water partition coefficient (Wildman–Crippen LogP) is 2.98. The normalized spacial score (nSPS) is 12.5. The van der Waals surface area contributed by atoms with Gasteiger partial charge in [0.1, 0.15) is 5.75 Å². The number of alkyl halides is 3. The topological polar surface area (TPSA) is 67.8 Å². The molecule has 0 aliphatic carbocycles. The van der Waals surface area contributed by atoms with Crippen molar-refractivity contribution >= 4 is 5.84 Å². The van der Waals surface area contributed by atoms with Gasteiger partial charge in [0.25, 0.3) is 0 Å². The molecule has 0 aromatic heterocycles. The van der Waals surface area contributed by atoms with Gasteiger partial charge in [0.15, 0.2) is 5.84 Å². The summed E-state index contributed by atoms with van der Waals surface area (Å²) in [5, 5.41) is 11.1. The van der Waals surface area contributed by atoms with Gasteiger partial charge in [-0.2, -0.15) is 13.2 Å². The molecular weight excluding hydrogens is 261 g/mol. The number of oxime groups is 1. The van der Waals surface area contributed by atoms with Gasteiger partial charge in [-0.1, -0.05) is 18.5 Å². The van der Waals surface area contributed by atoms with E-state index in [1.807, 2.05) is 6.92 Å². The van der Waals surface area contributed by atoms with Crippen LogP contribution in [0.3, 0.4) is 0 Å². The molecular formula is C12H15F3N2O2. The third-order valence-electron chi connectivity index (χ3n) is 2.44. The van der Waals surface area contributed by atoms with Gasteiger partial charge in [-0.3, -0.25) is 0 Å². The number of rotatable bonds is 5. The van der Waals surface area contributed by atoms with E-state index in [0.717, 1.165) is 12.5 Å². The largest absolute Gasteiger partial charge is 0.493 e. The maximum absolute atomic E-state index is 12.9. The fourth-order valence-electron chi connectivity index (χ4n) is 1.42. The summed E-state index contributed by atoms with van der Waals surface area (Å²) < 4.78 is 43.8. The molecule has 1 rings (SSSR count). The van der Waals surface area contributed by atoms with Gasteiger partial charge >= 0.3 is 6.18 Å². The fourth-order valence-corrected chi connectivity index (χ4v) is 1.42. The lowest BCUT2D eigenvalue weighted by atomic mass is 10.1. The molecule has 0 saturated heterocycles. The van der Waals surface area contributed by atoms with E-state index in [0.29, 0.717) is 6.42 Å². The minimum atomic E-state index is -4.56. The van der Waals surface area contributed by atoms with Gasteiger partial charge in [0, 0.05) is 5.56 Å². The lowest BCUT2D eigenvalue weighted by molar-refractivity contribution is -0.139. The fraction of sp³-hybridized carbons (Fsp3) is 0.417. The molecule has 3 N–H and O–H groups in total. The van der Waals surface area contributed by atoms with Crippen LogP contribution in [0.2, 0.25) is 0 Å². The number of benzene rings is 1. The Hall–Kier alpha value is -1.92. The van der Waals surface area contributed by atoms with Crippen molar-refractivity contribution in [3.8, 4) is 5.75 Å². The van der Waals surface area contributed by atoms with Gasteiger partial charge < -0.3 is 15.7 Å². The first-order chi connectivity index (χ1) is 8.90. The number of hydrogen-bond donors (Lipinski definition) is 2. The van der Waals surface area contributed by atoms with Crippen molar-refractivity contribution in [2.24, 2.45) is 10.9 Å². The average molecular weight is 276 g/mol. The van der Waals surface area contributed by atoms with Crippen LogP contribution in [0.5, 0.6) is 5.75 Å². The lowest BCUT2D eigenvalue weighted by Crippen LogP contribution is -2.16. The molecule has 0 amide bonds. The summed E-state index contributed by atoms with van der Waals surface area (Å²) in [5.41, 5.74) is 4.32. The van der Waals surface area contributed by atoms with E-state index in [2.05, 4.69) is 5.16 Å². The summed E-state index contributed by atoms with van der Waals surface area (Å²) in [6, 6.07) is 3.29. The second kappa shape index (κ2) is 6.31. The van der Waals surface area contributed by atoms with Crippen LogP contribution in [0.1, 0.15) is 30.9 Å². The molecule has 0 fully saturated rings. The molecule has 0 bridgehead atoms. The molecule has 4 nitrogen and oxygen atoms in total. The number of hydrogen-bond acceptors (Lipinski definition) is 3. The number of halogens is 3. The van der Waals surface area contributed by atoms with Crippen molar-refractivity contribution in [3.05, 3.63) is 29.3 Å². The summed E-state index contributed by atoms with van der Waals surface area (Å²) >= 11 is 0. The van der Waals surface area contributed by atoms with Crippen molar-refractivity contribution in [1.29, 1.82) is 0 Å². The molecule has 1 aromatic rings. The maximum atomic E-state index is 12.9. The van der Waals surface area contributed by atoms with Crippen molar-refractivity contribution in [3.63, 3.8) is 0 Å². The summed E-state index contributed by atoms with van der Waals surface area (Å²) in [6.07, 6.45) is -3.07. The first kappa shape index (κ1) is 15.1. The molecule has 0 aliphatic heterocycles. The van der Waals surface area contributed by atoms with Crippen LogP contribution in [0, 0.1) is 0 Å². The highest BCUT2D eigenvalue weighted by Crippen LogP contribution is 2.36. The Morgan fingerprint density at radius 3 is 2.63 bits per heavy atom. The number of amidine groups is 1. The second-order valence-electron chi connectivity index (χ2n) is 3.90. The molecule has 0 aliphatic rings. The van der Waals surface area contributed by atoms with Crippen LogP contribution in [0.25, 0.3) is 0 Å². The van der Waals surface area contributed by atoms with Crippen LogP contribution in [-0.4, -0.2) is 17.6 Å². The molecule has 0 heterocycles.